The minimum absolute atomic E-state index is 0.140. The van der Waals surface area contributed by atoms with Gasteiger partial charge >= 0.3 is 12.0 Å². The number of amides is 2. The van der Waals surface area contributed by atoms with Gasteiger partial charge in [-0.1, -0.05) is 19.1 Å². The van der Waals surface area contributed by atoms with Crippen LogP contribution in [0.5, 0.6) is 0 Å². The fourth-order valence-electron chi connectivity index (χ4n) is 1.54. The second-order valence-corrected chi connectivity index (χ2v) is 5.04. The monoisotopic (exact) mass is 328 g/mol. The van der Waals surface area contributed by atoms with Crippen LogP contribution >= 0.6 is 15.9 Å². The molecule has 0 saturated carbocycles. The van der Waals surface area contributed by atoms with E-state index in [2.05, 4.69) is 21.2 Å². The van der Waals surface area contributed by atoms with Gasteiger partial charge in [0, 0.05) is 10.5 Å². The first-order valence-corrected chi connectivity index (χ1v) is 6.79. The Balaban J connectivity index is 2.82. The van der Waals surface area contributed by atoms with Crippen molar-refractivity contribution in [3.05, 3.63) is 28.7 Å². The van der Waals surface area contributed by atoms with Crippen molar-refractivity contribution in [1.29, 1.82) is 0 Å². The highest BCUT2D eigenvalue weighted by atomic mass is 79.9. The number of hydrogen-bond donors (Lipinski definition) is 2. The molecule has 2 amide bonds. The van der Waals surface area contributed by atoms with Gasteiger partial charge in [-0.15, -0.1) is 0 Å². The molecule has 6 heteroatoms. The minimum Gasteiger partial charge on any atom is -0.480 e. The van der Waals surface area contributed by atoms with Crippen molar-refractivity contribution in [3.63, 3.8) is 0 Å². The Morgan fingerprint density at radius 3 is 2.58 bits per heavy atom. The van der Waals surface area contributed by atoms with Gasteiger partial charge in [-0.05, 0) is 41.4 Å². The molecule has 1 unspecified atom stereocenters. The zero-order valence-electron chi connectivity index (χ0n) is 10.9. The van der Waals surface area contributed by atoms with Crippen LogP contribution in [-0.4, -0.2) is 34.6 Å². The first-order valence-electron chi connectivity index (χ1n) is 5.99. The number of anilines is 1. The fourth-order valence-corrected chi connectivity index (χ4v) is 1.93. The standard InChI is InChI=1S/C13H17BrN2O3/c1-3-9(2)16(8-12(17)18)13(19)15-11-7-5-4-6-10(11)14/h4-7,9H,3,8H2,1-2H3,(H,15,19)(H,17,18). The molecule has 5 nitrogen and oxygen atoms in total. The van der Waals surface area contributed by atoms with Crippen molar-refractivity contribution in [1.82, 2.24) is 4.90 Å². The molecule has 0 aromatic heterocycles. The molecule has 0 bridgehead atoms. The third-order valence-corrected chi connectivity index (χ3v) is 3.50. The number of aliphatic carboxylic acids is 1. The van der Waals surface area contributed by atoms with Crippen LogP contribution in [0.15, 0.2) is 28.7 Å². The van der Waals surface area contributed by atoms with Gasteiger partial charge in [0.2, 0.25) is 0 Å². The van der Waals surface area contributed by atoms with E-state index in [0.29, 0.717) is 12.1 Å². The Kier molecular flexibility index (Phi) is 5.82. The van der Waals surface area contributed by atoms with Crippen molar-refractivity contribution in [3.8, 4) is 0 Å². The summed E-state index contributed by atoms with van der Waals surface area (Å²) in [5.74, 6) is -1.03. The van der Waals surface area contributed by atoms with Gasteiger partial charge in [0.25, 0.3) is 0 Å². The van der Waals surface area contributed by atoms with E-state index in [1.165, 1.54) is 4.90 Å². The SMILES string of the molecule is CCC(C)N(CC(=O)O)C(=O)Nc1ccccc1Br. The number of carboxylic acid groups (broad SMARTS) is 1. The largest absolute Gasteiger partial charge is 0.480 e. The van der Waals surface area contributed by atoms with Gasteiger partial charge in [0.05, 0.1) is 5.69 Å². The summed E-state index contributed by atoms with van der Waals surface area (Å²) in [7, 11) is 0. The molecule has 0 aliphatic carbocycles. The van der Waals surface area contributed by atoms with E-state index < -0.39 is 12.0 Å². The lowest BCUT2D eigenvalue weighted by Crippen LogP contribution is -2.44. The summed E-state index contributed by atoms with van der Waals surface area (Å²) >= 11 is 3.33. The highest BCUT2D eigenvalue weighted by Crippen LogP contribution is 2.21. The average Bonchev–Trinajstić information content (AvgIpc) is 2.37. The number of nitrogens with zero attached hydrogens (tertiary/aromatic N) is 1. The molecule has 0 heterocycles. The van der Waals surface area contributed by atoms with E-state index >= 15 is 0 Å². The summed E-state index contributed by atoms with van der Waals surface area (Å²) < 4.78 is 0.753. The normalized spacial score (nSPS) is 11.7. The predicted molar refractivity (Wildman–Crippen MR) is 77.3 cm³/mol. The lowest BCUT2D eigenvalue weighted by atomic mass is 10.2. The number of carbonyl (C=O) groups excluding carboxylic acids is 1. The van der Waals surface area contributed by atoms with E-state index in [9.17, 15) is 9.59 Å². The summed E-state index contributed by atoms with van der Waals surface area (Å²) in [6, 6.07) is 6.63. The number of carbonyl (C=O) groups is 2. The van der Waals surface area contributed by atoms with E-state index in [1.54, 1.807) is 18.2 Å². The van der Waals surface area contributed by atoms with Crippen LogP contribution in [-0.2, 0) is 4.79 Å². The number of hydrogen-bond acceptors (Lipinski definition) is 2. The summed E-state index contributed by atoms with van der Waals surface area (Å²) in [5, 5.41) is 11.6. The minimum atomic E-state index is -1.03. The quantitative estimate of drug-likeness (QED) is 0.872. The van der Waals surface area contributed by atoms with Gasteiger partial charge in [-0.2, -0.15) is 0 Å². The van der Waals surface area contributed by atoms with Crippen molar-refractivity contribution in [2.24, 2.45) is 0 Å². The van der Waals surface area contributed by atoms with E-state index in [-0.39, 0.29) is 12.6 Å². The molecular formula is C13H17BrN2O3. The zero-order chi connectivity index (χ0) is 14.4. The van der Waals surface area contributed by atoms with E-state index in [0.717, 1.165) is 4.47 Å². The number of carboxylic acids is 1. The third kappa shape index (κ3) is 4.55. The Labute approximate surface area is 120 Å². The molecule has 0 fully saturated rings. The zero-order valence-corrected chi connectivity index (χ0v) is 12.5. The van der Waals surface area contributed by atoms with Crippen LogP contribution in [0.25, 0.3) is 0 Å². The van der Waals surface area contributed by atoms with Crippen molar-refractivity contribution in [2.45, 2.75) is 26.3 Å². The Bertz CT molecular complexity index is 465. The molecule has 19 heavy (non-hydrogen) atoms. The number of rotatable bonds is 5. The van der Waals surface area contributed by atoms with Gasteiger partial charge in [-0.25, -0.2) is 4.79 Å². The van der Waals surface area contributed by atoms with Crippen LogP contribution < -0.4 is 5.32 Å². The summed E-state index contributed by atoms with van der Waals surface area (Å²) in [5.41, 5.74) is 0.617. The van der Waals surface area contributed by atoms with E-state index in [1.807, 2.05) is 19.9 Å². The van der Waals surface area contributed by atoms with Crippen LogP contribution in [0.2, 0.25) is 0 Å². The lowest BCUT2D eigenvalue weighted by molar-refractivity contribution is -0.138. The molecule has 0 saturated heterocycles. The molecule has 0 spiro atoms. The molecule has 2 N–H and O–H groups in total. The number of urea groups is 1. The molecular weight excluding hydrogens is 312 g/mol. The number of halogens is 1. The Morgan fingerprint density at radius 1 is 1.42 bits per heavy atom. The second kappa shape index (κ2) is 7.13. The molecule has 0 radical (unpaired) electrons. The maximum absolute atomic E-state index is 12.1. The maximum Gasteiger partial charge on any atom is 0.323 e. The maximum atomic E-state index is 12.1. The van der Waals surface area contributed by atoms with Gasteiger partial charge < -0.3 is 15.3 Å². The van der Waals surface area contributed by atoms with Crippen LogP contribution in [0.4, 0.5) is 10.5 Å². The number of benzene rings is 1. The molecule has 1 rings (SSSR count). The molecule has 0 aliphatic rings. The Morgan fingerprint density at radius 2 is 2.05 bits per heavy atom. The van der Waals surface area contributed by atoms with Gasteiger partial charge in [0.15, 0.2) is 0 Å². The fraction of sp³-hybridized carbons (Fsp3) is 0.385. The van der Waals surface area contributed by atoms with Crippen molar-refractivity contribution < 1.29 is 14.7 Å². The van der Waals surface area contributed by atoms with Crippen molar-refractivity contribution >= 4 is 33.6 Å². The molecule has 1 aromatic rings. The first-order chi connectivity index (χ1) is 8.95. The molecule has 1 aromatic carbocycles. The third-order valence-electron chi connectivity index (χ3n) is 2.80. The van der Waals surface area contributed by atoms with Crippen LogP contribution in [0.3, 0.4) is 0 Å². The molecule has 0 aliphatic heterocycles. The summed E-state index contributed by atoms with van der Waals surface area (Å²) in [6.07, 6.45) is 0.691. The number of nitrogens with one attached hydrogen (secondary N) is 1. The van der Waals surface area contributed by atoms with E-state index in [4.69, 9.17) is 5.11 Å². The first kappa shape index (κ1) is 15.5. The Hall–Kier alpha value is -1.56. The predicted octanol–water partition coefficient (Wildman–Crippen LogP) is 3.17. The highest BCUT2D eigenvalue weighted by Gasteiger charge is 2.21. The summed E-state index contributed by atoms with van der Waals surface area (Å²) in [6.45, 7) is 3.42. The summed E-state index contributed by atoms with van der Waals surface area (Å²) in [4.78, 5) is 24.3. The van der Waals surface area contributed by atoms with Gasteiger partial charge in [-0.3, -0.25) is 4.79 Å². The second-order valence-electron chi connectivity index (χ2n) is 4.19. The topological polar surface area (TPSA) is 69.6 Å². The smallest absolute Gasteiger partial charge is 0.323 e. The van der Waals surface area contributed by atoms with Crippen LogP contribution in [0.1, 0.15) is 20.3 Å². The molecule has 1 atom stereocenters. The van der Waals surface area contributed by atoms with Crippen LogP contribution in [0, 0.1) is 0 Å². The molecule has 104 valence electrons. The van der Waals surface area contributed by atoms with Crippen molar-refractivity contribution in [2.75, 3.05) is 11.9 Å². The van der Waals surface area contributed by atoms with Gasteiger partial charge in [0.1, 0.15) is 6.54 Å². The lowest BCUT2D eigenvalue weighted by Gasteiger charge is -2.27. The highest BCUT2D eigenvalue weighted by molar-refractivity contribution is 9.10. The average molecular weight is 329 g/mol. The number of para-hydroxylation sites is 1.